The molecular formula is C12H12N2O2S. The van der Waals surface area contributed by atoms with Gasteiger partial charge >= 0.3 is 5.24 Å². The predicted octanol–water partition coefficient (Wildman–Crippen LogP) is 2.41. The number of amides is 2. The maximum Gasteiger partial charge on any atom is 0.309 e. The summed E-state index contributed by atoms with van der Waals surface area (Å²) in [7, 11) is 0. The smallest absolute Gasteiger partial charge is 0.271 e. The highest BCUT2D eigenvalue weighted by Crippen LogP contribution is 2.20. The molecule has 1 aromatic carbocycles. The molecule has 0 radical (unpaired) electrons. The van der Waals surface area contributed by atoms with Gasteiger partial charge in [0.25, 0.3) is 5.91 Å². The van der Waals surface area contributed by atoms with Gasteiger partial charge in [0.05, 0.1) is 11.5 Å². The van der Waals surface area contributed by atoms with E-state index in [1.165, 1.54) is 0 Å². The van der Waals surface area contributed by atoms with Crippen LogP contribution in [0.15, 0.2) is 29.4 Å². The van der Waals surface area contributed by atoms with E-state index < -0.39 is 0 Å². The van der Waals surface area contributed by atoms with Gasteiger partial charge in [-0.15, -0.1) is 0 Å². The van der Waals surface area contributed by atoms with Crippen molar-refractivity contribution in [2.45, 2.75) is 13.8 Å². The fourth-order valence-corrected chi connectivity index (χ4v) is 2.26. The number of thioether (sulfide) groups is 1. The lowest BCUT2D eigenvalue weighted by Crippen LogP contribution is -2.24. The Hall–Kier alpha value is -1.62. The molecule has 1 saturated heterocycles. The van der Waals surface area contributed by atoms with E-state index in [1.807, 2.05) is 31.2 Å². The van der Waals surface area contributed by atoms with Crippen molar-refractivity contribution in [1.82, 2.24) is 5.01 Å². The van der Waals surface area contributed by atoms with Crippen molar-refractivity contribution in [2.75, 3.05) is 5.75 Å². The molecule has 17 heavy (non-hydrogen) atoms. The molecule has 2 rings (SSSR count). The molecule has 5 heteroatoms. The van der Waals surface area contributed by atoms with Gasteiger partial charge in [-0.2, -0.15) is 10.1 Å². The number of benzene rings is 1. The van der Waals surface area contributed by atoms with E-state index in [9.17, 15) is 9.59 Å². The molecule has 4 nitrogen and oxygen atoms in total. The second kappa shape index (κ2) is 4.71. The fourth-order valence-electron chi connectivity index (χ4n) is 1.63. The van der Waals surface area contributed by atoms with Crippen LogP contribution >= 0.6 is 11.8 Å². The van der Waals surface area contributed by atoms with Crippen molar-refractivity contribution in [3.63, 3.8) is 0 Å². The van der Waals surface area contributed by atoms with Crippen molar-refractivity contribution < 1.29 is 9.59 Å². The summed E-state index contributed by atoms with van der Waals surface area (Å²) < 4.78 is 0. The molecule has 1 aliphatic rings. The van der Waals surface area contributed by atoms with E-state index in [0.717, 1.165) is 27.9 Å². The Bertz CT molecular complexity index is 495. The Balaban J connectivity index is 2.31. The van der Waals surface area contributed by atoms with Gasteiger partial charge in [0.2, 0.25) is 0 Å². The maximum atomic E-state index is 11.4. The first-order valence-electron chi connectivity index (χ1n) is 5.20. The number of aryl methyl sites for hydroxylation is 1. The first kappa shape index (κ1) is 11.9. The first-order chi connectivity index (χ1) is 8.09. The van der Waals surface area contributed by atoms with Crippen LogP contribution in [0.5, 0.6) is 0 Å². The lowest BCUT2D eigenvalue weighted by Gasteiger charge is -2.09. The topological polar surface area (TPSA) is 49.7 Å². The van der Waals surface area contributed by atoms with Crippen LogP contribution in [-0.2, 0) is 4.79 Å². The number of nitrogens with zero attached hydrogens (tertiary/aromatic N) is 2. The largest absolute Gasteiger partial charge is 0.309 e. The highest BCUT2D eigenvalue weighted by molar-refractivity contribution is 8.14. The molecule has 1 fully saturated rings. The van der Waals surface area contributed by atoms with Crippen molar-refractivity contribution in [3.8, 4) is 0 Å². The number of imide groups is 1. The average molecular weight is 248 g/mol. The molecule has 0 aromatic heterocycles. The molecule has 1 aliphatic heterocycles. The minimum Gasteiger partial charge on any atom is -0.271 e. The van der Waals surface area contributed by atoms with Crippen LogP contribution in [0.1, 0.15) is 18.1 Å². The van der Waals surface area contributed by atoms with Crippen LogP contribution < -0.4 is 0 Å². The Morgan fingerprint density at radius 2 is 2.06 bits per heavy atom. The second-order valence-corrected chi connectivity index (χ2v) is 4.69. The zero-order chi connectivity index (χ0) is 12.4. The fraction of sp³-hybridized carbons (Fsp3) is 0.250. The van der Waals surface area contributed by atoms with Gasteiger partial charge in [-0.3, -0.25) is 9.59 Å². The van der Waals surface area contributed by atoms with Gasteiger partial charge in [0.15, 0.2) is 0 Å². The summed E-state index contributed by atoms with van der Waals surface area (Å²) in [4.78, 5) is 22.8. The van der Waals surface area contributed by atoms with Crippen LogP contribution in [0.25, 0.3) is 0 Å². The third kappa shape index (κ3) is 2.39. The molecule has 2 amide bonds. The second-order valence-electron chi connectivity index (χ2n) is 3.76. The molecular weight excluding hydrogens is 236 g/mol. The van der Waals surface area contributed by atoms with E-state index >= 15 is 0 Å². The standard InChI is InChI=1S/C12H12N2O2S/c1-8-5-3-4-6-10(8)9(2)13-14-11(15)7-17-12(14)16/h3-6H,7H2,1-2H3. The van der Waals surface area contributed by atoms with Gasteiger partial charge in [0.1, 0.15) is 0 Å². The minimum absolute atomic E-state index is 0.184. The number of carbonyl (C=O) groups is 2. The highest BCUT2D eigenvalue weighted by Gasteiger charge is 2.30. The Morgan fingerprint density at radius 3 is 2.65 bits per heavy atom. The van der Waals surface area contributed by atoms with Crippen molar-refractivity contribution in [2.24, 2.45) is 5.10 Å². The van der Waals surface area contributed by atoms with Crippen molar-refractivity contribution in [1.29, 1.82) is 0 Å². The maximum absolute atomic E-state index is 11.4. The molecule has 0 aliphatic carbocycles. The molecule has 1 heterocycles. The molecule has 88 valence electrons. The SMILES string of the molecule is CC(=NN1C(=O)CSC1=O)c1ccccc1C. The molecule has 0 saturated carbocycles. The summed E-state index contributed by atoms with van der Waals surface area (Å²) in [5.74, 6) is -0.0726. The summed E-state index contributed by atoms with van der Waals surface area (Å²) in [6, 6.07) is 7.74. The Morgan fingerprint density at radius 1 is 1.35 bits per heavy atom. The van der Waals surface area contributed by atoms with Gasteiger partial charge in [0, 0.05) is 5.56 Å². The minimum atomic E-state index is -0.303. The lowest BCUT2D eigenvalue weighted by molar-refractivity contribution is -0.124. The van der Waals surface area contributed by atoms with Gasteiger partial charge in [-0.25, -0.2) is 0 Å². The van der Waals surface area contributed by atoms with Crippen LogP contribution in [0.4, 0.5) is 4.79 Å². The van der Waals surface area contributed by atoms with Crippen LogP contribution in [0, 0.1) is 6.92 Å². The third-order valence-electron chi connectivity index (χ3n) is 2.51. The van der Waals surface area contributed by atoms with E-state index in [-0.39, 0.29) is 16.9 Å². The molecule has 0 unspecified atom stereocenters. The summed E-state index contributed by atoms with van der Waals surface area (Å²) in [5.41, 5.74) is 2.69. The zero-order valence-electron chi connectivity index (χ0n) is 9.64. The summed E-state index contributed by atoms with van der Waals surface area (Å²) in [6.45, 7) is 3.77. The van der Waals surface area contributed by atoms with E-state index in [2.05, 4.69) is 5.10 Å². The molecule has 0 spiro atoms. The molecule has 0 N–H and O–H groups in total. The number of hydrogen-bond donors (Lipinski definition) is 0. The van der Waals surface area contributed by atoms with Gasteiger partial charge in [-0.1, -0.05) is 36.0 Å². The summed E-state index contributed by atoms with van der Waals surface area (Å²) in [5, 5.41) is 4.75. The van der Waals surface area contributed by atoms with E-state index in [1.54, 1.807) is 6.92 Å². The van der Waals surface area contributed by atoms with E-state index in [0.29, 0.717) is 5.71 Å². The van der Waals surface area contributed by atoms with Crippen molar-refractivity contribution >= 4 is 28.6 Å². The first-order valence-corrected chi connectivity index (χ1v) is 6.19. The van der Waals surface area contributed by atoms with Crippen LogP contribution in [0.3, 0.4) is 0 Å². The quantitative estimate of drug-likeness (QED) is 0.755. The monoisotopic (exact) mass is 248 g/mol. The number of rotatable bonds is 2. The molecule has 0 bridgehead atoms. The van der Waals surface area contributed by atoms with Crippen molar-refractivity contribution in [3.05, 3.63) is 35.4 Å². The number of hydrogen-bond acceptors (Lipinski definition) is 4. The predicted molar refractivity (Wildman–Crippen MR) is 68.1 cm³/mol. The van der Waals surface area contributed by atoms with Gasteiger partial charge in [-0.05, 0) is 19.4 Å². The third-order valence-corrected chi connectivity index (χ3v) is 3.32. The average Bonchev–Trinajstić information content (AvgIpc) is 2.61. The van der Waals surface area contributed by atoms with E-state index in [4.69, 9.17) is 0 Å². The normalized spacial score (nSPS) is 16.8. The number of hydrazone groups is 1. The number of carbonyl (C=O) groups excluding carboxylic acids is 2. The van der Waals surface area contributed by atoms with Gasteiger partial charge < -0.3 is 0 Å². The highest BCUT2D eigenvalue weighted by atomic mass is 32.2. The molecule has 1 aromatic rings. The lowest BCUT2D eigenvalue weighted by atomic mass is 10.1. The summed E-state index contributed by atoms with van der Waals surface area (Å²) >= 11 is 0.985. The van der Waals surface area contributed by atoms with Crippen LogP contribution in [-0.4, -0.2) is 27.6 Å². The molecule has 0 atom stereocenters. The Labute approximate surface area is 104 Å². The summed E-state index contributed by atoms with van der Waals surface area (Å²) in [6.07, 6.45) is 0. The zero-order valence-corrected chi connectivity index (χ0v) is 10.5. The van der Waals surface area contributed by atoms with Crippen LogP contribution in [0.2, 0.25) is 0 Å². The Kier molecular flexibility index (Phi) is 3.28.